The largest absolute Gasteiger partial charge is 0.511 e. The van der Waals surface area contributed by atoms with Gasteiger partial charge >= 0.3 is 0 Å². The summed E-state index contributed by atoms with van der Waals surface area (Å²) in [7, 11) is 0. The van der Waals surface area contributed by atoms with E-state index in [1.165, 1.54) is 0 Å². The van der Waals surface area contributed by atoms with Crippen LogP contribution in [0.4, 0.5) is 0 Å². The third-order valence-corrected chi connectivity index (χ3v) is 11.0. The fourth-order valence-corrected chi connectivity index (χ4v) is 8.10. The molecule has 3 aliphatic rings. The number of nitriles is 1. The fourth-order valence-electron chi connectivity index (χ4n) is 8.10. The van der Waals surface area contributed by atoms with E-state index in [0.29, 0.717) is 12.0 Å². The molecule has 0 spiro atoms. The lowest BCUT2D eigenvalue weighted by Gasteiger charge is -2.60. The number of allylic oxidation sites excluding steroid dienone is 4. The standard InChI is InChI=1S/C31H49NO3/c1-20-17-27(4,5)12-14-31(20,35)15-13-28(6,7)30(9)11-10-24-22(3)26(34)23(19-32)18-29(24,8)25(30)16-21(2)33/h16,20,22,24,34-35H,10-15,17-18H2,1-9H3/b25-16-/t20?,22-,24-,29-,30+,31-/m0/s1. The van der Waals surface area contributed by atoms with Gasteiger partial charge < -0.3 is 10.2 Å². The minimum absolute atomic E-state index is 0.0376. The maximum Gasteiger partial charge on any atom is 0.152 e. The Labute approximate surface area is 213 Å². The van der Waals surface area contributed by atoms with Gasteiger partial charge in [0.15, 0.2) is 5.78 Å². The quantitative estimate of drug-likeness (QED) is 0.393. The highest BCUT2D eigenvalue weighted by atomic mass is 16.3. The molecule has 0 aromatic rings. The zero-order chi connectivity index (χ0) is 26.6. The van der Waals surface area contributed by atoms with Crippen molar-refractivity contribution >= 4 is 5.78 Å². The first kappa shape index (κ1) is 28.0. The molecule has 0 radical (unpaired) electrons. The van der Waals surface area contributed by atoms with Gasteiger partial charge in [-0.3, -0.25) is 4.79 Å². The molecule has 2 fully saturated rings. The van der Waals surface area contributed by atoms with Crippen molar-refractivity contribution in [2.24, 2.45) is 39.4 Å². The van der Waals surface area contributed by atoms with Crippen LogP contribution in [-0.2, 0) is 4.79 Å². The lowest BCUT2D eigenvalue weighted by atomic mass is 9.43. The fraction of sp³-hybridized carbons (Fsp3) is 0.806. The number of aliphatic hydroxyl groups excluding tert-OH is 1. The predicted octanol–water partition coefficient (Wildman–Crippen LogP) is 7.68. The zero-order valence-corrected chi connectivity index (χ0v) is 23.7. The Morgan fingerprint density at radius 2 is 1.80 bits per heavy atom. The molecule has 0 aromatic carbocycles. The maximum absolute atomic E-state index is 12.6. The highest BCUT2D eigenvalue weighted by molar-refractivity contribution is 5.88. The van der Waals surface area contributed by atoms with Crippen LogP contribution in [0.1, 0.15) is 114 Å². The molecule has 35 heavy (non-hydrogen) atoms. The number of nitrogens with zero attached hydrogens (tertiary/aromatic N) is 1. The van der Waals surface area contributed by atoms with Crippen molar-refractivity contribution in [2.45, 2.75) is 119 Å². The lowest BCUT2D eigenvalue weighted by Crippen LogP contribution is -2.53. The van der Waals surface area contributed by atoms with Gasteiger partial charge in [-0.25, -0.2) is 0 Å². The number of carbonyl (C=O) groups is 1. The average molecular weight is 484 g/mol. The summed E-state index contributed by atoms with van der Waals surface area (Å²) in [6.07, 6.45) is 8.78. The predicted molar refractivity (Wildman–Crippen MR) is 142 cm³/mol. The SMILES string of the molecule is CC(=O)/C=C1/[C@@]2(C)CC(C#N)=C(O)[C@@H](C)[C@@H]2CC[C@@]1(C)C(C)(C)CC[C@@]1(O)CCC(C)(C)CC1C. The molecular weight excluding hydrogens is 434 g/mol. The summed E-state index contributed by atoms with van der Waals surface area (Å²) in [5, 5.41) is 32.1. The molecule has 3 rings (SSSR count). The van der Waals surface area contributed by atoms with Crippen molar-refractivity contribution in [1.29, 1.82) is 5.26 Å². The first-order chi connectivity index (χ1) is 15.9. The van der Waals surface area contributed by atoms with Crippen molar-refractivity contribution in [3.8, 4) is 6.07 Å². The first-order valence-electron chi connectivity index (χ1n) is 13.7. The van der Waals surface area contributed by atoms with Crippen LogP contribution in [0.25, 0.3) is 0 Å². The minimum Gasteiger partial charge on any atom is -0.511 e. The van der Waals surface area contributed by atoms with E-state index in [0.717, 1.165) is 50.5 Å². The molecular formula is C31H49NO3. The van der Waals surface area contributed by atoms with Gasteiger partial charge in [-0.05, 0) is 97.9 Å². The summed E-state index contributed by atoms with van der Waals surface area (Å²) in [6, 6.07) is 2.25. The van der Waals surface area contributed by atoms with Crippen molar-refractivity contribution in [1.82, 2.24) is 0 Å². The lowest BCUT2D eigenvalue weighted by molar-refractivity contribution is -0.113. The Bertz CT molecular complexity index is 966. The molecule has 4 heteroatoms. The number of fused-ring (bicyclic) bond motifs is 1. The van der Waals surface area contributed by atoms with Crippen molar-refractivity contribution in [2.75, 3.05) is 0 Å². The van der Waals surface area contributed by atoms with Crippen LogP contribution in [0.2, 0.25) is 0 Å². The van der Waals surface area contributed by atoms with E-state index in [9.17, 15) is 20.3 Å². The van der Waals surface area contributed by atoms with Crippen LogP contribution in [0.15, 0.2) is 23.0 Å². The van der Waals surface area contributed by atoms with Gasteiger partial charge in [0, 0.05) is 5.92 Å². The molecule has 0 heterocycles. The highest BCUT2D eigenvalue weighted by Gasteiger charge is 2.58. The first-order valence-corrected chi connectivity index (χ1v) is 13.7. The Kier molecular flexibility index (Phi) is 7.24. The summed E-state index contributed by atoms with van der Waals surface area (Å²) in [5.41, 5.74) is 0.486. The molecule has 0 saturated heterocycles. The molecule has 6 atom stereocenters. The summed E-state index contributed by atoms with van der Waals surface area (Å²) in [4.78, 5) is 12.6. The van der Waals surface area contributed by atoms with E-state index in [4.69, 9.17) is 0 Å². The molecule has 0 bridgehead atoms. The third-order valence-electron chi connectivity index (χ3n) is 11.0. The Balaban J connectivity index is 1.97. The summed E-state index contributed by atoms with van der Waals surface area (Å²) in [6.45, 7) is 19.6. The summed E-state index contributed by atoms with van der Waals surface area (Å²) in [5.74, 6) is 0.630. The molecule has 2 N–H and O–H groups in total. The normalized spacial score (nSPS) is 40.8. The zero-order valence-electron chi connectivity index (χ0n) is 23.7. The summed E-state index contributed by atoms with van der Waals surface area (Å²) >= 11 is 0. The van der Waals surface area contributed by atoms with E-state index in [1.807, 2.05) is 13.0 Å². The molecule has 196 valence electrons. The van der Waals surface area contributed by atoms with Crippen molar-refractivity contribution in [3.63, 3.8) is 0 Å². The van der Waals surface area contributed by atoms with Gasteiger partial charge in [0.2, 0.25) is 0 Å². The topological polar surface area (TPSA) is 81.3 Å². The monoisotopic (exact) mass is 483 g/mol. The second kappa shape index (κ2) is 9.05. The number of aliphatic hydroxyl groups is 2. The van der Waals surface area contributed by atoms with Gasteiger partial charge in [-0.15, -0.1) is 0 Å². The number of carbonyl (C=O) groups excluding carboxylic acids is 1. The summed E-state index contributed by atoms with van der Waals surface area (Å²) < 4.78 is 0. The van der Waals surface area contributed by atoms with Crippen LogP contribution in [0.3, 0.4) is 0 Å². The third kappa shape index (κ3) is 4.75. The van der Waals surface area contributed by atoms with E-state index < -0.39 is 5.60 Å². The van der Waals surface area contributed by atoms with Crippen LogP contribution in [0, 0.1) is 50.7 Å². The smallest absolute Gasteiger partial charge is 0.152 e. The van der Waals surface area contributed by atoms with Gasteiger partial charge in [-0.1, -0.05) is 61.0 Å². The van der Waals surface area contributed by atoms with Crippen LogP contribution in [-0.4, -0.2) is 21.6 Å². The van der Waals surface area contributed by atoms with Gasteiger partial charge in [0.05, 0.1) is 17.2 Å². The molecule has 2 saturated carbocycles. The van der Waals surface area contributed by atoms with E-state index in [1.54, 1.807) is 6.92 Å². The van der Waals surface area contributed by atoms with Crippen molar-refractivity contribution in [3.05, 3.63) is 23.0 Å². The Morgan fingerprint density at radius 3 is 2.34 bits per heavy atom. The second-order valence-corrected chi connectivity index (χ2v) is 14.3. The Hall–Kier alpha value is -1.60. The highest BCUT2D eigenvalue weighted by Crippen LogP contribution is 2.66. The molecule has 4 nitrogen and oxygen atoms in total. The Morgan fingerprint density at radius 1 is 1.17 bits per heavy atom. The van der Waals surface area contributed by atoms with E-state index >= 15 is 0 Å². The molecule has 0 amide bonds. The second-order valence-electron chi connectivity index (χ2n) is 14.3. The number of rotatable bonds is 5. The number of hydrogen-bond donors (Lipinski definition) is 2. The molecule has 0 aliphatic heterocycles. The number of ketones is 1. The van der Waals surface area contributed by atoms with E-state index in [-0.39, 0.29) is 51.0 Å². The van der Waals surface area contributed by atoms with Gasteiger partial charge in [-0.2, -0.15) is 5.26 Å². The average Bonchev–Trinajstić information content (AvgIpc) is 2.75. The maximum atomic E-state index is 12.6. The van der Waals surface area contributed by atoms with Gasteiger partial charge in [0.1, 0.15) is 5.76 Å². The molecule has 0 aromatic heterocycles. The molecule has 1 unspecified atom stereocenters. The van der Waals surface area contributed by atoms with Crippen LogP contribution in [0.5, 0.6) is 0 Å². The van der Waals surface area contributed by atoms with Gasteiger partial charge in [0.25, 0.3) is 0 Å². The minimum atomic E-state index is -0.642. The molecule has 3 aliphatic carbocycles. The number of hydrogen-bond acceptors (Lipinski definition) is 4. The van der Waals surface area contributed by atoms with Crippen LogP contribution >= 0.6 is 0 Å². The van der Waals surface area contributed by atoms with Crippen LogP contribution < -0.4 is 0 Å². The van der Waals surface area contributed by atoms with Crippen molar-refractivity contribution < 1.29 is 15.0 Å². The van der Waals surface area contributed by atoms with E-state index in [2.05, 4.69) is 54.5 Å².